The number of thioether (sulfide) groups is 1. The highest BCUT2D eigenvalue weighted by molar-refractivity contribution is 8.18. The van der Waals surface area contributed by atoms with Gasteiger partial charge in [-0.15, -0.1) is 0 Å². The first kappa shape index (κ1) is 12.4. The van der Waals surface area contributed by atoms with Gasteiger partial charge >= 0.3 is 5.97 Å². The van der Waals surface area contributed by atoms with Crippen LogP contribution in [0.4, 0.5) is 4.79 Å². The number of carbonyl (C=O) groups is 3. The Morgan fingerprint density at radius 2 is 1.94 bits per heavy atom. The molecule has 1 N–H and O–H groups in total. The number of nitrogens with one attached hydrogen (secondary N) is 1. The maximum Gasteiger partial charge on any atom is 0.308 e. The second kappa shape index (κ2) is 5.05. The highest BCUT2D eigenvalue weighted by Crippen LogP contribution is 2.26. The smallest absolute Gasteiger partial charge is 0.308 e. The number of imide groups is 1. The largest absolute Gasteiger partial charge is 0.427 e. The molecular formula is C12H9NO4S. The predicted octanol–water partition coefficient (Wildman–Crippen LogP) is 1.94. The summed E-state index contributed by atoms with van der Waals surface area (Å²) in [6.07, 6.45) is 1.60. The molecule has 0 atom stereocenters. The number of benzene rings is 1. The van der Waals surface area contributed by atoms with Crippen molar-refractivity contribution in [3.8, 4) is 5.75 Å². The zero-order chi connectivity index (χ0) is 13.1. The van der Waals surface area contributed by atoms with Crippen molar-refractivity contribution in [3.63, 3.8) is 0 Å². The predicted molar refractivity (Wildman–Crippen MR) is 66.9 cm³/mol. The van der Waals surface area contributed by atoms with Crippen molar-refractivity contribution >= 4 is 35.0 Å². The molecule has 2 rings (SSSR count). The molecule has 1 fully saturated rings. The molecule has 0 spiro atoms. The molecule has 1 aromatic rings. The Hall–Kier alpha value is -2.08. The van der Waals surface area contributed by atoms with Crippen LogP contribution in [0.5, 0.6) is 5.75 Å². The molecule has 0 saturated carbocycles. The molecule has 0 bridgehead atoms. The Morgan fingerprint density at radius 1 is 1.28 bits per heavy atom. The van der Waals surface area contributed by atoms with Crippen LogP contribution < -0.4 is 10.1 Å². The summed E-state index contributed by atoms with van der Waals surface area (Å²) < 4.78 is 4.88. The number of amides is 2. The molecular weight excluding hydrogens is 254 g/mol. The van der Waals surface area contributed by atoms with Crippen molar-refractivity contribution in [2.24, 2.45) is 0 Å². The van der Waals surface area contributed by atoms with Gasteiger partial charge in [0, 0.05) is 6.92 Å². The summed E-state index contributed by atoms with van der Waals surface area (Å²) in [7, 11) is 0. The molecule has 0 aromatic heterocycles. The summed E-state index contributed by atoms with van der Waals surface area (Å²) in [6.45, 7) is 1.32. The van der Waals surface area contributed by atoms with Gasteiger partial charge in [0.1, 0.15) is 5.75 Å². The SMILES string of the molecule is CC(=O)Oc1ccc(/C=C2\SC(=O)NC2=O)cc1. The lowest BCUT2D eigenvalue weighted by atomic mass is 10.2. The van der Waals surface area contributed by atoms with E-state index in [0.717, 1.165) is 17.3 Å². The zero-order valence-electron chi connectivity index (χ0n) is 9.43. The third-order valence-corrected chi connectivity index (χ3v) is 2.89. The van der Waals surface area contributed by atoms with Crippen molar-refractivity contribution in [3.05, 3.63) is 34.7 Å². The van der Waals surface area contributed by atoms with Crippen LogP contribution in [0.25, 0.3) is 6.08 Å². The lowest BCUT2D eigenvalue weighted by Gasteiger charge is -2.01. The topological polar surface area (TPSA) is 72.5 Å². The monoisotopic (exact) mass is 263 g/mol. The lowest BCUT2D eigenvalue weighted by molar-refractivity contribution is -0.131. The number of hydrogen-bond acceptors (Lipinski definition) is 5. The Labute approximate surface area is 107 Å². The van der Waals surface area contributed by atoms with Crippen molar-refractivity contribution in [2.75, 3.05) is 0 Å². The normalized spacial score (nSPS) is 16.8. The van der Waals surface area contributed by atoms with Crippen LogP contribution in [-0.4, -0.2) is 17.1 Å². The first-order valence-corrected chi connectivity index (χ1v) is 5.89. The van der Waals surface area contributed by atoms with E-state index in [1.54, 1.807) is 30.3 Å². The fourth-order valence-corrected chi connectivity index (χ4v) is 2.05. The van der Waals surface area contributed by atoms with Crippen LogP contribution in [0.3, 0.4) is 0 Å². The summed E-state index contributed by atoms with van der Waals surface area (Å²) in [6, 6.07) is 6.63. The maximum absolute atomic E-state index is 11.3. The van der Waals surface area contributed by atoms with E-state index in [0.29, 0.717) is 10.7 Å². The van der Waals surface area contributed by atoms with E-state index in [9.17, 15) is 14.4 Å². The fourth-order valence-electron chi connectivity index (χ4n) is 1.37. The highest BCUT2D eigenvalue weighted by atomic mass is 32.2. The van der Waals surface area contributed by atoms with E-state index in [1.807, 2.05) is 0 Å². The van der Waals surface area contributed by atoms with E-state index >= 15 is 0 Å². The van der Waals surface area contributed by atoms with Crippen LogP contribution in [0.2, 0.25) is 0 Å². The first-order valence-electron chi connectivity index (χ1n) is 5.08. The van der Waals surface area contributed by atoms with Gasteiger partial charge in [-0.05, 0) is 35.5 Å². The van der Waals surface area contributed by atoms with Gasteiger partial charge in [-0.2, -0.15) is 0 Å². The van der Waals surface area contributed by atoms with E-state index in [2.05, 4.69) is 5.32 Å². The standard InChI is InChI=1S/C12H9NO4S/c1-7(14)17-9-4-2-8(3-5-9)6-10-11(15)13-12(16)18-10/h2-6H,1H3,(H,13,15,16)/b10-6-. The van der Waals surface area contributed by atoms with Gasteiger partial charge in [-0.25, -0.2) is 0 Å². The molecule has 1 aliphatic rings. The summed E-state index contributed by atoms with van der Waals surface area (Å²) in [4.78, 5) is 33.3. The third kappa shape index (κ3) is 2.98. The third-order valence-electron chi connectivity index (χ3n) is 2.08. The zero-order valence-corrected chi connectivity index (χ0v) is 10.2. The van der Waals surface area contributed by atoms with E-state index in [4.69, 9.17) is 4.74 Å². The molecule has 0 unspecified atom stereocenters. The maximum atomic E-state index is 11.3. The second-order valence-electron chi connectivity index (χ2n) is 3.51. The summed E-state index contributed by atoms with van der Waals surface area (Å²) in [5.41, 5.74) is 0.748. The van der Waals surface area contributed by atoms with Crippen LogP contribution >= 0.6 is 11.8 Å². The van der Waals surface area contributed by atoms with Gasteiger partial charge < -0.3 is 4.74 Å². The summed E-state index contributed by atoms with van der Waals surface area (Å²) in [5.74, 6) is -0.351. The van der Waals surface area contributed by atoms with Crippen molar-refractivity contribution < 1.29 is 19.1 Å². The van der Waals surface area contributed by atoms with Gasteiger partial charge in [0.15, 0.2) is 0 Å². The number of carbonyl (C=O) groups excluding carboxylic acids is 3. The number of hydrogen-bond donors (Lipinski definition) is 1. The Bertz CT molecular complexity index is 548. The summed E-state index contributed by atoms with van der Waals surface area (Å²) >= 11 is 0.860. The Kier molecular flexibility index (Phi) is 3.47. The molecule has 5 nitrogen and oxygen atoms in total. The van der Waals surface area contributed by atoms with Crippen molar-refractivity contribution in [1.82, 2.24) is 5.32 Å². The Balaban J connectivity index is 2.15. The molecule has 1 saturated heterocycles. The molecule has 6 heteroatoms. The quantitative estimate of drug-likeness (QED) is 0.501. The number of ether oxygens (including phenoxy) is 1. The van der Waals surface area contributed by atoms with Gasteiger partial charge in [-0.1, -0.05) is 12.1 Å². The first-order chi connectivity index (χ1) is 8.54. The van der Waals surface area contributed by atoms with E-state index in [-0.39, 0.29) is 5.24 Å². The van der Waals surface area contributed by atoms with Gasteiger partial charge in [-0.3, -0.25) is 19.7 Å². The molecule has 0 radical (unpaired) electrons. The number of rotatable bonds is 2. The molecule has 2 amide bonds. The van der Waals surface area contributed by atoms with Crippen LogP contribution in [0.15, 0.2) is 29.2 Å². The Morgan fingerprint density at radius 3 is 2.44 bits per heavy atom. The summed E-state index contributed by atoms with van der Waals surface area (Å²) in [5, 5.41) is 1.80. The second-order valence-corrected chi connectivity index (χ2v) is 4.53. The molecule has 1 aliphatic heterocycles. The number of esters is 1. The minimum atomic E-state index is -0.394. The van der Waals surface area contributed by atoms with Gasteiger partial charge in [0.05, 0.1) is 4.91 Å². The molecule has 1 heterocycles. The van der Waals surface area contributed by atoms with Gasteiger partial charge in [0.2, 0.25) is 0 Å². The average Bonchev–Trinajstić information content (AvgIpc) is 2.59. The van der Waals surface area contributed by atoms with E-state index < -0.39 is 11.9 Å². The average molecular weight is 263 g/mol. The molecule has 0 aliphatic carbocycles. The van der Waals surface area contributed by atoms with Crippen LogP contribution in [0, 0.1) is 0 Å². The van der Waals surface area contributed by atoms with Gasteiger partial charge in [0.25, 0.3) is 11.1 Å². The lowest BCUT2D eigenvalue weighted by Crippen LogP contribution is -2.17. The van der Waals surface area contributed by atoms with Crippen LogP contribution in [0.1, 0.15) is 12.5 Å². The molecule has 18 heavy (non-hydrogen) atoms. The highest BCUT2D eigenvalue weighted by Gasteiger charge is 2.24. The van der Waals surface area contributed by atoms with E-state index in [1.165, 1.54) is 6.92 Å². The molecule has 92 valence electrons. The minimum Gasteiger partial charge on any atom is -0.427 e. The minimum absolute atomic E-state index is 0.347. The van der Waals surface area contributed by atoms with Crippen molar-refractivity contribution in [2.45, 2.75) is 6.92 Å². The van der Waals surface area contributed by atoms with Crippen molar-refractivity contribution in [1.29, 1.82) is 0 Å². The fraction of sp³-hybridized carbons (Fsp3) is 0.0833. The molecule has 1 aromatic carbocycles. The van der Waals surface area contributed by atoms with Crippen LogP contribution in [-0.2, 0) is 9.59 Å².